The summed E-state index contributed by atoms with van der Waals surface area (Å²) in [6.07, 6.45) is -0.587. The van der Waals surface area contributed by atoms with Crippen LogP contribution in [0.15, 0.2) is 18.2 Å². The van der Waals surface area contributed by atoms with E-state index in [1.54, 1.807) is 26.2 Å². The fourth-order valence-corrected chi connectivity index (χ4v) is 1.64. The van der Waals surface area contributed by atoms with Crippen LogP contribution in [0.25, 0.3) is 0 Å². The topological polar surface area (TPSA) is 56.8 Å². The van der Waals surface area contributed by atoms with E-state index in [2.05, 4.69) is 5.32 Å². The maximum atomic E-state index is 11.5. The van der Waals surface area contributed by atoms with Gasteiger partial charge in [-0.2, -0.15) is 0 Å². The van der Waals surface area contributed by atoms with Crippen LogP contribution in [0.1, 0.15) is 6.92 Å². The van der Waals surface area contributed by atoms with Crippen molar-refractivity contribution < 1.29 is 19.0 Å². The van der Waals surface area contributed by atoms with Gasteiger partial charge in [0.1, 0.15) is 11.5 Å². The van der Waals surface area contributed by atoms with Crippen LogP contribution in [0.5, 0.6) is 11.5 Å². The molecule has 0 aromatic heterocycles. The third-order valence-electron chi connectivity index (χ3n) is 2.48. The lowest BCUT2D eigenvalue weighted by molar-refractivity contribution is -0.150. The molecule has 1 aliphatic heterocycles. The van der Waals surface area contributed by atoms with Gasteiger partial charge in [-0.1, -0.05) is 0 Å². The first kappa shape index (κ1) is 11.6. The number of nitrogens with one attached hydrogen (secondary N) is 1. The number of methoxy groups -OCH3 is 1. The number of carbonyl (C=O) groups excluding carboxylic acids is 1. The maximum absolute atomic E-state index is 11.5. The SMILES string of the molecule is CCOC(=O)[C@@H]1CNc2cc(OC)ccc2O1. The van der Waals surface area contributed by atoms with Crippen molar-refractivity contribution >= 4 is 11.7 Å². The van der Waals surface area contributed by atoms with Crippen molar-refractivity contribution in [1.29, 1.82) is 0 Å². The molecule has 0 bridgehead atoms. The van der Waals surface area contributed by atoms with Gasteiger partial charge in [0, 0.05) is 6.07 Å². The van der Waals surface area contributed by atoms with E-state index >= 15 is 0 Å². The predicted molar refractivity (Wildman–Crippen MR) is 62.5 cm³/mol. The van der Waals surface area contributed by atoms with E-state index in [9.17, 15) is 4.79 Å². The molecule has 17 heavy (non-hydrogen) atoms. The minimum Gasteiger partial charge on any atom is -0.497 e. The van der Waals surface area contributed by atoms with Crippen LogP contribution in [0, 0.1) is 0 Å². The summed E-state index contributed by atoms with van der Waals surface area (Å²) in [6.45, 7) is 2.53. The van der Waals surface area contributed by atoms with Crippen molar-refractivity contribution in [2.75, 3.05) is 25.6 Å². The highest BCUT2D eigenvalue weighted by atomic mass is 16.6. The molecule has 1 heterocycles. The van der Waals surface area contributed by atoms with Crippen molar-refractivity contribution in [3.8, 4) is 11.5 Å². The van der Waals surface area contributed by atoms with Crippen molar-refractivity contribution in [3.05, 3.63) is 18.2 Å². The number of ether oxygens (including phenoxy) is 3. The van der Waals surface area contributed by atoms with Crippen LogP contribution in [0.2, 0.25) is 0 Å². The number of rotatable bonds is 3. The molecule has 5 nitrogen and oxygen atoms in total. The largest absolute Gasteiger partial charge is 0.497 e. The summed E-state index contributed by atoms with van der Waals surface area (Å²) >= 11 is 0. The highest BCUT2D eigenvalue weighted by Crippen LogP contribution is 2.32. The molecule has 0 saturated heterocycles. The molecule has 1 aromatic rings. The van der Waals surface area contributed by atoms with Gasteiger partial charge < -0.3 is 19.5 Å². The van der Waals surface area contributed by atoms with E-state index in [1.807, 2.05) is 6.07 Å². The summed E-state index contributed by atoms with van der Waals surface area (Å²) in [6, 6.07) is 5.39. The van der Waals surface area contributed by atoms with Crippen molar-refractivity contribution in [3.63, 3.8) is 0 Å². The molecule has 1 aliphatic rings. The third kappa shape index (κ3) is 2.43. The number of fused-ring (bicyclic) bond motifs is 1. The van der Waals surface area contributed by atoms with E-state index in [4.69, 9.17) is 14.2 Å². The summed E-state index contributed by atoms with van der Waals surface area (Å²) in [5.74, 6) is 1.03. The molecule has 1 N–H and O–H groups in total. The number of esters is 1. The Balaban J connectivity index is 2.11. The molecule has 0 saturated carbocycles. The smallest absolute Gasteiger partial charge is 0.349 e. The van der Waals surface area contributed by atoms with Gasteiger partial charge in [0.15, 0.2) is 0 Å². The molecule has 0 radical (unpaired) electrons. The van der Waals surface area contributed by atoms with Crippen LogP contribution in [0.3, 0.4) is 0 Å². The second-order valence-electron chi connectivity index (χ2n) is 3.60. The Bertz CT molecular complexity index is 419. The highest BCUT2D eigenvalue weighted by Gasteiger charge is 2.27. The Morgan fingerprint density at radius 3 is 3.12 bits per heavy atom. The zero-order valence-electron chi connectivity index (χ0n) is 9.86. The fourth-order valence-electron chi connectivity index (χ4n) is 1.64. The number of hydrogen-bond donors (Lipinski definition) is 1. The third-order valence-corrected chi connectivity index (χ3v) is 2.48. The molecule has 0 unspecified atom stereocenters. The van der Waals surface area contributed by atoms with Gasteiger partial charge in [-0.15, -0.1) is 0 Å². The minimum absolute atomic E-state index is 0.346. The van der Waals surface area contributed by atoms with Gasteiger partial charge in [0.05, 0.1) is 25.9 Å². The molecule has 0 spiro atoms. The normalized spacial score (nSPS) is 17.4. The lowest BCUT2D eigenvalue weighted by Crippen LogP contribution is -2.38. The van der Waals surface area contributed by atoms with Crippen LogP contribution in [-0.4, -0.2) is 32.3 Å². The predicted octanol–water partition coefficient (Wildman–Crippen LogP) is 1.43. The zero-order valence-corrected chi connectivity index (χ0v) is 9.86. The van der Waals surface area contributed by atoms with Crippen LogP contribution in [0.4, 0.5) is 5.69 Å². The number of carbonyl (C=O) groups is 1. The standard InChI is InChI=1S/C12H15NO4/c1-3-16-12(14)11-7-13-9-6-8(15-2)4-5-10(9)17-11/h4-6,11,13H,3,7H2,1-2H3/t11-/m0/s1. The van der Waals surface area contributed by atoms with Crippen LogP contribution in [-0.2, 0) is 9.53 Å². The quantitative estimate of drug-likeness (QED) is 0.806. The molecule has 92 valence electrons. The summed E-state index contributed by atoms with van der Waals surface area (Å²) in [7, 11) is 1.60. The molecule has 0 amide bonds. The first-order valence-electron chi connectivity index (χ1n) is 5.49. The molecule has 2 rings (SSSR count). The molecular weight excluding hydrogens is 222 g/mol. The average Bonchev–Trinajstić information content (AvgIpc) is 2.37. The summed E-state index contributed by atoms with van der Waals surface area (Å²) in [5, 5.41) is 3.12. The molecular formula is C12H15NO4. The van der Waals surface area contributed by atoms with Crippen LogP contribution >= 0.6 is 0 Å². The van der Waals surface area contributed by atoms with E-state index in [0.29, 0.717) is 18.9 Å². The lowest BCUT2D eigenvalue weighted by Gasteiger charge is -2.26. The average molecular weight is 237 g/mol. The Kier molecular flexibility index (Phi) is 3.37. The second kappa shape index (κ2) is 4.95. The molecule has 0 fully saturated rings. The maximum Gasteiger partial charge on any atom is 0.349 e. The lowest BCUT2D eigenvalue weighted by atomic mass is 10.2. The van der Waals surface area contributed by atoms with Crippen molar-refractivity contribution in [2.45, 2.75) is 13.0 Å². The molecule has 0 aliphatic carbocycles. The zero-order chi connectivity index (χ0) is 12.3. The Labute approximate surface area is 99.7 Å². The van der Waals surface area contributed by atoms with E-state index in [-0.39, 0.29) is 5.97 Å². The monoisotopic (exact) mass is 237 g/mol. The first-order valence-corrected chi connectivity index (χ1v) is 5.49. The highest BCUT2D eigenvalue weighted by molar-refractivity contribution is 5.78. The summed E-state index contributed by atoms with van der Waals surface area (Å²) in [5.41, 5.74) is 0.824. The van der Waals surface area contributed by atoms with Crippen molar-refractivity contribution in [2.24, 2.45) is 0 Å². The van der Waals surface area contributed by atoms with E-state index in [0.717, 1.165) is 11.4 Å². The molecule has 5 heteroatoms. The first-order chi connectivity index (χ1) is 8.24. The van der Waals surface area contributed by atoms with Gasteiger partial charge in [0.2, 0.25) is 6.10 Å². The molecule has 1 aromatic carbocycles. The van der Waals surface area contributed by atoms with Gasteiger partial charge in [-0.05, 0) is 19.1 Å². The Morgan fingerprint density at radius 2 is 2.41 bits per heavy atom. The number of benzene rings is 1. The van der Waals surface area contributed by atoms with Crippen LogP contribution < -0.4 is 14.8 Å². The Morgan fingerprint density at radius 1 is 1.59 bits per heavy atom. The van der Waals surface area contributed by atoms with Gasteiger partial charge >= 0.3 is 5.97 Å². The number of anilines is 1. The van der Waals surface area contributed by atoms with Crippen molar-refractivity contribution in [1.82, 2.24) is 0 Å². The summed E-state index contributed by atoms with van der Waals surface area (Å²) < 4.78 is 15.6. The minimum atomic E-state index is -0.587. The van der Waals surface area contributed by atoms with Gasteiger partial charge in [-0.3, -0.25) is 0 Å². The van der Waals surface area contributed by atoms with E-state index in [1.165, 1.54) is 0 Å². The summed E-state index contributed by atoms with van der Waals surface area (Å²) in [4.78, 5) is 11.5. The van der Waals surface area contributed by atoms with Gasteiger partial charge in [0.25, 0.3) is 0 Å². The Hall–Kier alpha value is -1.91. The second-order valence-corrected chi connectivity index (χ2v) is 3.60. The van der Waals surface area contributed by atoms with Gasteiger partial charge in [-0.25, -0.2) is 4.79 Å². The van der Waals surface area contributed by atoms with E-state index < -0.39 is 6.10 Å². The molecule has 1 atom stereocenters. The number of hydrogen-bond acceptors (Lipinski definition) is 5. The fraction of sp³-hybridized carbons (Fsp3) is 0.417.